The van der Waals surface area contributed by atoms with Crippen LogP contribution in [0.1, 0.15) is 22.3 Å². The molecule has 1 atom stereocenters. The van der Waals surface area contributed by atoms with Gasteiger partial charge in [-0.1, -0.05) is 17.3 Å². The number of fused-ring (bicyclic) bond motifs is 1. The first kappa shape index (κ1) is 15.1. The number of rotatable bonds is 3. The fraction of sp³-hybridized carbons (Fsp3) is 0.176. The number of carbonyl (C=O) groups excluding carboxylic acids is 1. The molecular formula is C17H13N3O5. The second-order valence-electron chi connectivity index (χ2n) is 5.24. The molecule has 1 aromatic carbocycles. The molecule has 0 radical (unpaired) electrons. The topological polar surface area (TPSA) is 96.6 Å². The van der Waals surface area contributed by atoms with Gasteiger partial charge in [0.15, 0.2) is 17.6 Å². The third-order valence-electron chi connectivity index (χ3n) is 3.64. The third-order valence-corrected chi connectivity index (χ3v) is 3.64. The Balaban J connectivity index is 1.58. The Kier molecular flexibility index (Phi) is 3.77. The number of esters is 1. The van der Waals surface area contributed by atoms with Gasteiger partial charge in [-0.25, -0.2) is 4.79 Å². The molecule has 8 nitrogen and oxygen atoms in total. The van der Waals surface area contributed by atoms with Gasteiger partial charge in [-0.3, -0.25) is 4.98 Å². The molecule has 126 valence electrons. The van der Waals surface area contributed by atoms with Gasteiger partial charge in [0.25, 0.3) is 5.89 Å². The van der Waals surface area contributed by atoms with Crippen LogP contribution in [0.2, 0.25) is 0 Å². The number of methoxy groups -OCH3 is 1. The molecule has 4 rings (SSSR count). The molecule has 0 aliphatic carbocycles. The van der Waals surface area contributed by atoms with Crippen molar-refractivity contribution in [3.8, 4) is 23.1 Å². The van der Waals surface area contributed by atoms with Gasteiger partial charge in [0, 0.05) is 6.20 Å². The van der Waals surface area contributed by atoms with Crippen molar-refractivity contribution in [2.45, 2.75) is 6.10 Å². The maximum Gasteiger partial charge on any atom is 0.337 e. The van der Waals surface area contributed by atoms with E-state index in [0.29, 0.717) is 28.6 Å². The van der Waals surface area contributed by atoms with Gasteiger partial charge >= 0.3 is 5.97 Å². The van der Waals surface area contributed by atoms with Crippen molar-refractivity contribution in [3.05, 3.63) is 54.0 Å². The molecule has 0 N–H and O–H groups in total. The van der Waals surface area contributed by atoms with E-state index in [0.717, 1.165) is 0 Å². The molecular weight excluding hydrogens is 326 g/mol. The largest absolute Gasteiger partial charge is 0.485 e. The number of carbonyl (C=O) groups is 1. The van der Waals surface area contributed by atoms with Gasteiger partial charge in [0.1, 0.15) is 12.3 Å². The van der Waals surface area contributed by atoms with Crippen LogP contribution in [-0.2, 0) is 4.74 Å². The van der Waals surface area contributed by atoms with Gasteiger partial charge in [-0.05, 0) is 24.3 Å². The summed E-state index contributed by atoms with van der Waals surface area (Å²) < 4.78 is 21.4. The predicted octanol–water partition coefficient (Wildman–Crippen LogP) is 2.43. The van der Waals surface area contributed by atoms with Gasteiger partial charge in [0.05, 0.1) is 12.7 Å². The van der Waals surface area contributed by atoms with E-state index < -0.39 is 12.1 Å². The zero-order chi connectivity index (χ0) is 17.2. The van der Waals surface area contributed by atoms with Crippen LogP contribution in [0.15, 0.2) is 47.1 Å². The number of aromatic nitrogens is 3. The van der Waals surface area contributed by atoms with Crippen molar-refractivity contribution < 1.29 is 23.5 Å². The van der Waals surface area contributed by atoms with Crippen LogP contribution in [-0.4, -0.2) is 34.8 Å². The molecule has 8 heteroatoms. The summed E-state index contributed by atoms with van der Waals surface area (Å²) in [4.78, 5) is 20.1. The molecule has 0 fully saturated rings. The summed E-state index contributed by atoms with van der Waals surface area (Å²) in [5.41, 5.74) is 0.720. The van der Waals surface area contributed by atoms with Gasteiger partial charge in [-0.2, -0.15) is 4.98 Å². The van der Waals surface area contributed by atoms with Crippen molar-refractivity contribution in [1.29, 1.82) is 0 Å². The zero-order valence-corrected chi connectivity index (χ0v) is 13.2. The Morgan fingerprint density at radius 1 is 1.24 bits per heavy atom. The maximum absolute atomic E-state index is 11.6. The van der Waals surface area contributed by atoms with Crippen molar-refractivity contribution in [2.75, 3.05) is 13.7 Å². The summed E-state index contributed by atoms with van der Waals surface area (Å²) in [5.74, 6) is 1.35. The SMILES string of the molecule is COC(=O)c1ccnc(-c2nc(C3COc4ccccc4O3)no2)c1. The van der Waals surface area contributed by atoms with E-state index in [-0.39, 0.29) is 12.5 Å². The summed E-state index contributed by atoms with van der Waals surface area (Å²) in [7, 11) is 1.31. The van der Waals surface area contributed by atoms with E-state index >= 15 is 0 Å². The van der Waals surface area contributed by atoms with Crippen molar-refractivity contribution >= 4 is 5.97 Å². The molecule has 0 saturated carbocycles. The highest BCUT2D eigenvalue weighted by Crippen LogP contribution is 2.35. The second kappa shape index (κ2) is 6.23. The number of ether oxygens (including phenoxy) is 3. The monoisotopic (exact) mass is 339 g/mol. The molecule has 2 aromatic heterocycles. The second-order valence-corrected chi connectivity index (χ2v) is 5.24. The highest BCUT2D eigenvalue weighted by atomic mass is 16.6. The highest BCUT2D eigenvalue weighted by Gasteiger charge is 2.27. The highest BCUT2D eigenvalue weighted by molar-refractivity contribution is 5.90. The molecule has 0 spiro atoms. The minimum atomic E-state index is -0.490. The summed E-state index contributed by atoms with van der Waals surface area (Å²) in [6.07, 6.45) is 0.984. The fourth-order valence-electron chi connectivity index (χ4n) is 2.41. The molecule has 3 aromatic rings. The normalized spacial score (nSPS) is 15.6. The average molecular weight is 339 g/mol. The third kappa shape index (κ3) is 2.89. The maximum atomic E-state index is 11.6. The van der Waals surface area contributed by atoms with Crippen molar-refractivity contribution in [3.63, 3.8) is 0 Å². The predicted molar refractivity (Wildman–Crippen MR) is 84.2 cm³/mol. The summed E-state index contributed by atoms with van der Waals surface area (Å²) in [6, 6.07) is 10.4. The number of hydrogen-bond donors (Lipinski definition) is 0. The standard InChI is InChI=1S/C17H13N3O5/c1-22-17(21)10-6-7-18-11(8-10)16-19-15(20-25-16)14-9-23-12-4-2-3-5-13(12)24-14/h2-8,14H,9H2,1H3. The number of hydrogen-bond acceptors (Lipinski definition) is 8. The van der Waals surface area contributed by atoms with Crippen LogP contribution >= 0.6 is 0 Å². The Hall–Kier alpha value is -3.42. The molecule has 1 aliphatic heterocycles. The minimum absolute atomic E-state index is 0.184. The first-order chi connectivity index (χ1) is 12.2. The Bertz CT molecular complexity index is 924. The first-order valence-corrected chi connectivity index (χ1v) is 7.51. The van der Waals surface area contributed by atoms with Gasteiger partial charge in [0.2, 0.25) is 5.82 Å². The molecule has 1 aliphatic rings. The Labute approximate surface area is 142 Å². The van der Waals surface area contributed by atoms with Gasteiger partial charge < -0.3 is 18.7 Å². The minimum Gasteiger partial charge on any atom is -0.485 e. The first-order valence-electron chi connectivity index (χ1n) is 7.51. The number of nitrogens with zero attached hydrogens (tertiary/aromatic N) is 3. The van der Waals surface area contributed by atoms with Gasteiger partial charge in [-0.15, -0.1) is 0 Å². The lowest BCUT2D eigenvalue weighted by molar-refractivity contribution is 0.0600. The quantitative estimate of drug-likeness (QED) is 0.671. The lowest BCUT2D eigenvalue weighted by atomic mass is 10.2. The van der Waals surface area contributed by atoms with E-state index in [1.165, 1.54) is 19.4 Å². The van der Waals surface area contributed by atoms with E-state index in [4.69, 9.17) is 18.7 Å². The fourth-order valence-corrected chi connectivity index (χ4v) is 2.41. The van der Waals surface area contributed by atoms with E-state index in [1.54, 1.807) is 6.07 Å². The number of benzene rings is 1. The number of para-hydroxylation sites is 2. The Morgan fingerprint density at radius 3 is 2.92 bits per heavy atom. The van der Waals surface area contributed by atoms with E-state index in [1.807, 2.05) is 24.3 Å². The number of pyridine rings is 1. The molecule has 25 heavy (non-hydrogen) atoms. The zero-order valence-electron chi connectivity index (χ0n) is 13.2. The average Bonchev–Trinajstić information content (AvgIpc) is 3.17. The lowest BCUT2D eigenvalue weighted by Gasteiger charge is -2.24. The summed E-state index contributed by atoms with van der Waals surface area (Å²) >= 11 is 0. The Morgan fingerprint density at radius 2 is 2.08 bits per heavy atom. The van der Waals surface area contributed by atoms with Crippen LogP contribution in [0.3, 0.4) is 0 Å². The van der Waals surface area contributed by atoms with E-state index in [2.05, 4.69) is 15.1 Å². The van der Waals surface area contributed by atoms with Crippen LogP contribution in [0.4, 0.5) is 0 Å². The van der Waals surface area contributed by atoms with Crippen molar-refractivity contribution in [2.24, 2.45) is 0 Å². The molecule has 0 amide bonds. The van der Waals surface area contributed by atoms with Crippen molar-refractivity contribution in [1.82, 2.24) is 15.1 Å². The van der Waals surface area contributed by atoms with Crippen LogP contribution in [0.5, 0.6) is 11.5 Å². The smallest absolute Gasteiger partial charge is 0.337 e. The van der Waals surface area contributed by atoms with E-state index in [9.17, 15) is 4.79 Å². The molecule has 0 saturated heterocycles. The lowest BCUT2D eigenvalue weighted by Crippen LogP contribution is -2.22. The molecule has 0 bridgehead atoms. The summed E-state index contributed by atoms with van der Waals surface area (Å²) in [6.45, 7) is 0.269. The van der Waals surface area contributed by atoms with Crippen LogP contribution in [0.25, 0.3) is 11.6 Å². The van der Waals surface area contributed by atoms with Crippen LogP contribution in [0, 0.1) is 0 Å². The molecule has 1 unspecified atom stereocenters. The molecule has 3 heterocycles. The van der Waals surface area contributed by atoms with Crippen LogP contribution < -0.4 is 9.47 Å². The summed E-state index contributed by atoms with van der Waals surface area (Å²) in [5, 5.41) is 3.94.